The Labute approximate surface area is 59.4 Å². The smallest absolute Gasteiger partial charge is 0.237 e. The van der Waals surface area contributed by atoms with Gasteiger partial charge in [0, 0.05) is 5.41 Å². The lowest BCUT2D eigenvalue weighted by Gasteiger charge is -2.33. The van der Waals surface area contributed by atoms with E-state index in [0.717, 1.165) is 6.92 Å². The van der Waals surface area contributed by atoms with Crippen molar-refractivity contribution in [3.8, 4) is 0 Å². The Hall–Kier alpha value is -0.210. The maximum absolute atomic E-state index is 13.0. The van der Waals surface area contributed by atoms with Gasteiger partial charge in [-0.15, -0.1) is 0 Å². The summed E-state index contributed by atoms with van der Waals surface area (Å²) >= 11 is 0. The predicted molar refractivity (Wildman–Crippen MR) is 35.0 cm³/mol. The molecular weight excluding hydrogens is 141 g/mol. The van der Waals surface area contributed by atoms with Crippen LogP contribution < -0.4 is 0 Å². The van der Waals surface area contributed by atoms with E-state index in [4.69, 9.17) is 0 Å². The van der Waals surface area contributed by atoms with Crippen LogP contribution in [0.15, 0.2) is 0 Å². The SMILES string of the molecule is CC(C)(C)C(C)(F)C(F)F. The summed E-state index contributed by atoms with van der Waals surface area (Å²) in [6, 6.07) is 0. The van der Waals surface area contributed by atoms with Gasteiger partial charge in [-0.1, -0.05) is 20.8 Å². The third-order valence-electron chi connectivity index (χ3n) is 1.88. The summed E-state index contributed by atoms with van der Waals surface area (Å²) < 4.78 is 36.8. The maximum Gasteiger partial charge on any atom is 0.272 e. The van der Waals surface area contributed by atoms with E-state index in [-0.39, 0.29) is 0 Å². The van der Waals surface area contributed by atoms with Gasteiger partial charge in [-0.25, -0.2) is 13.2 Å². The van der Waals surface area contributed by atoms with E-state index < -0.39 is 17.5 Å². The van der Waals surface area contributed by atoms with Crippen molar-refractivity contribution in [1.82, 2.24) is 0 Å². The molecule has 0 fully saturated rings. The van der Waals surface area contributed by atoms with Crippen LogP contribution in [-0.4, -0.2) is 12.1 Å². The molecule has 0 aromatic carbocycles. The van der Waals surface area contributed by atoms with Crippen LogP contribution in [0.4, 0.5) is 13.2 Å². The first kappa shape index (κ1) is 9.79. The minimum atomic E-state index is -2.91. The molecule has 0 amide bonds. The van der Waals surface area contributed by atoms with E-state index in [1.807, 2.05) is 0 Å². The molecular formula is C7H13F3. The predicted octanol–water partition coefficient (Wildman–Crippen LogP) is 3.03. The van der Waals surface area contributed by atoms with Crippen LogP contribution in [0.3, 0.4) is 0 Å². The van der Waals surface area contributed by atoms with Gasteiger partial charge in [0.05, 0.1) is 0 Å². The Balaban J connectivity index is 4.40. The Kier molecular flexibility index (Phi) is 2.39. The Morgan fingerprint density at radius 2 is 1.30 bits per heavy atom. The molecule has 0 heterocycles. The van der Waals surface area contributed by atoms with Crippen LogP contribution in [0, 0.1) is 5.41 Å². The summed E-state index contributed by atoms with van der Waals surface area (Å²) in [5.41, 5.74) is -3.39. The molecule has 0 aliphatic rings. The summed E-state index contributed by atoms with van der Waals surface area (Å²) in [7, 11) is 0. The average Bonchev–Trinajstić information content (AvgIpc) is 1.62. The van der Waals surface area contributed by atoms with Crippen molar-refractivity contribution in [2.24, 2.45) is 5.41 Å². The average molecular weight is 154 g/mol. The van der Waals surface area contributed by atoms with Crippen LogP contribution in [0.5, 0.6) is 0 Å². The van der Waals surface area contributed by atoms with E-state index in [0.29, 0.717) is 0 Å². The Morgan fingerprint density at radius 1 is 1.00 bits per heavy atom. The highest BCUT2D eigenvalue weighted by molar-refractivity contribution is 4.88. The van der Waals surface area contributed by atoms with Gasteiger partial charge in [0.1, 0.15) is 0 Å². The highest BCUT2D eigenvalue weighted by Gasteiger charge is 2.45. The van der Waals surface area contributed by atoms with Crippen molar-refractivity contribution in [3.63, 3.8) is 0 Å². The van der Waals surface area contributed by atoms with Crippen molar-refractivity contribution in [3.05, 3.63) is 0 Å². The van der Waals surface area contributed by atoms with Gasteiger partial charge < -0.3 is 0 Å². The molecule has 10 heavy (non-hydrogen) atoms. The van der Waals surface area contributed by atoms with Crippen LogP contribution in [0.1, 0.15) is 27.7 Å². The Morgan fingerprint density at radius 3 is 1.30 bits per heavy atom. The highest BCUT2D eigenvalue weighted by atomic mass is 19.3. The van der Waals surface area contributed by atoms with Crippen molar-refractivity contribution in [2.75, 3.05) is 0 Å². The van der Waals surface area contributed by atoms with Crippen molar-refractivity contribution in [1.29, 1.82) is 0 Å². The normalized spacial score (nSPS) is 19.2. The molecule has 0 saturated heterocycles. The summed E-state index contributed by atoms with van der Waals surface area (Å²) in [6.07, 6.45) is -2.91. The molecule has 0 N–H and O–H groups in total. The lowest BCUT2D eigenvalue weighted by atomic mass is 9.80. The second kappa shape index (κ2) is 2.44. The van der Waals surface area contributed by atoms with Gasteiger partial charge in [0.25, 0.3) is 6.43 Å². The number of hydrogen-bond donors (Lipinski definition) is 0. The third kappa shape index (κ3) is 1.64. The first-order valence-corrected chi connectivity index (χ1v) is 3.16. The van der Waals surface area contributed by atoms with E-state index in [1.54, 1.807) is 0 Å². The largest absolute Gasteiger partial charge is 0.272 e. The van der Waals surface area contributed by atoms with E-state index in [9.17, 15) is 13.2 Å². The fourth-order valence-electron chi connectivity index (χ4n) is 0.327. The molecule has 0 aliphatic carbocycles. The zero-order chi connectivity index (χ0) is 8.58. The fourth-order valence-corrected chi connectivity index (χ4v) is 0.327. The van der Waals surface area contributed by atoms with Crippen molar-refractivity contribution in [2.45, 2.75) is 39.8 Å². The van der Waals surface area contributed by atoms with Gasteiger partial charge in [-0.05, 0) is 6.92 Å². The minimum Gasteiger partial charge on any atom is -0.237 e. The number of rotatable bonds is 1. The monoisotopic (exact) mass is 154 g/mol. The lowest BCUT2D eigenvalue weighted by molar-refractivity contribution is -0.0888. The highest BCUT2D eigenvalue weighted by Crippen LogP contribution is 2.38. The van der Waals surface area contributed by atoms with Gasteiger partial charge in [-0.3, -0.25) is 0 Å². The number of hydrogen-bond acceptors (Lipinski definition) is 0. The molecule has 0 saturated carbocycles. The first-order chi connectivity index (χ1) is 4.19. The molecule has 0 bridgehead atoms. The van der Waals surface area contributed by atoms with Crippen molar-refractivity contribution < 1.29 is 13.2 Å². The number of alkyl halides is 3. The topological polar surface area (TPSA) is 0 Å². The third-order valence-corrected chi connectivity index (χ3v) is 1.88. The van der Waals surface area contributed by atoms with Crippen molar-refractivity contribution >= 4 is 0 Å². The minimum absolute atomic E-state index is 0.928. The van der Waals surface area contributed by atoms with E-state index >= 15 is 0 Å². The molecule has 0 aromatic rings. The van der Waals surface area contributed by atoms with Gasteiger partial charge in [-0.2, -0.15) is 0 Å². The van der Waals surface area contributed by atoms with E-state index in [2.05, 4.69) is 0 Å². The quantitative estimate of drug-likeness (QED) is 0.544. The molecule has 0 rings (SSSR count). The molecule has 0 aromatic heterocycles. The molecule has 0 spiro atoms. The molecule has 0 nitrogen and oxygen atoms in total. The number of halogens is 3. The molecule has 3 heteroatoms. The molecule has 1 atom stereocenters. The van der Waals surface area contributed by atoms with Crippen LogP contribution >= 0.6 is 0 Å². The fraction of sp³-hybridized carbons (Fsp3) is 1.00. The summed E-state index contributed by atoms with van der Waals surface area (Å²) in [4.78, 5) is 0. The standard InChI is InChI=1S/C7H13F3/c1-6(2,3)7(4,10)5(8)9/h5H,1-4H3. The van der Waals surface area contributed by atoms with E-state index in [1.165, 1.54) is 20.8 Å². The zero-order valence-electron chi connectivity index (χ0n) is 6.71. The van der Waals surface area contributed by atoms with Crippen LogP contribution in [0.25, 0.3) is 0 Å². The molecule has 1 unspecified atom stereocenters. The molecule has 0 aliphatic heterocycles. The second-order valence-electron chi connectivity index (χ2n) is 3.63. The summed E-state index contributed by atoms with van der Waals surface area (Å²) in [5.74, 6) is 0. The summed E-state index contributed by atoms with van der Waals surface area (Å²) in [5, 5.41) is 0. The second-order valence-corrected chi connectivity index (χ2v) is 3.63. The maximum atomic E-state index is 13.0. The van der Waals surface area contributed by atoms with Gasteiger partial charge >= 0.3 is 0 Å². The zero-order valence-corrected chi connectivity index (χ0v) is 6.71. The Bertz CT molecular complexity index is 111. The van der Waals surface area contributed by atoms with Crippen LogP contribution in [-0.2, 0) is 0 Å². The lowest BCUT2D eigenvalue weighted by Crippen LogP contribution is -2.41. The first-order valence-electron chi connectivity index (χ1n) is 3.16. The summed E-state index contributed by atoms with van der Waals surface area (Å²) in [6.45, 7) is 5.30. The molecule has 0 radical (unpaired) electrons. The van der Waals surface area contributed by atoms with Gasteiger partial charge in [0.15, 0.2) is 5.67 Å². The van der Waals surface area contributed by atoms with Gasteiger partial charge in [0.2, 0.25) is 0 Å². The van der Waals surface area contributed by atoms with Crippen LogP contribution in [0.2, 0.25) is 0 Å². The molecule has 62 valence electrons.